The highest BCUT2D eigenvalue weighted by Gasteiger charge is 2.25. The first-order valence-electron chi connectivity index (χ1n) is 5.05. The highest BCUT2D eigenvalue weighted by molar-refractivity contribution is 5.85. The molecule has 0 aromatic rings. The number of ether oxygens (including phenoxy) is 2. The Kier molecular flexibility index (Phi) is 4.43. The molecule has 1 heterocycles. The zero-order valence-corrected chi connectivity index (χ0v) is 8.78. The van der Waals surface area contributed by atoms with Gasteiger partial charge in [0.25, 0.3) is 0 Å². The molecule has 4 heteroatoms. The summed E-state index contributed by atoms with van der Waals surface area (Å²) in [5.41, 5.74) is 0. The number of rotatable bonds is 5. The van der Waals surface area contributed by atoms with Gasteiger partial charge in [-0.1, -0.05) is 19.8 Å². The predicted molar refractivity (Wildman–Crippen MR) is 53.3 cm³/mol. The van der Waals surface area contributed by atoms with E-state index in [-0.39, 0.29) is 5.97 Å². The van der Waals surface area contributed by atoms with Gasteiger partial charge in [-0.3, -0.25) is 0 Å². The van der Waals surface area contributed by atoms with Gasteiger partial charge in [-0.15, -0.1) is 0 Å². The van der Waals surface area contributed by atoms with Gasteiger partial charge >= 0.3 is 5.97 Å². The number of esters is 1. The Morgan fingerprint density at radius 3 is 3.07 bits per heavy atom. The minimum Gasteiger partial charge on any atom is -0.478 e. The lowest BCUT2D eigenvalue weighted by Crippen LogP contribution is -2.21. The van der Waals surface area contributed by atoms with E-state index in [1.165, 1.54) is 20.0 Å². The molecule has 1 aliphatic rings. The monoisotopic (exact) mass is 199 g/mol. The average Bonchev–Trinajstić information content (AvgIpc) is 2.66. The van der Waals surface area contributed by atoms with Crippen LogP contribution in [-0.4, -0.2) is 31.6 Å². The molecule has 1 atom stereocenters. The van der Waals surface area contributed by atoms with E-state index in [0.29, 0.717) is 12.5 Å². The molecular weight excluding hydrogens is 182 g/mol. The van der Waals surface area contributed by atoms with E-state index in [0.717, 1.165) is 12.8 Å². The van der Waals surface area contributed by atoms with Crippen molar-refractivity contribution in [1.29, 1.82) is 0 Å². The van der Waals surface area contributed by atoms with Gasteiger partial charge in [-0.2, -0.15) is 0 Å². The number of methoxy groups -OCH3 is 1. The molecule has 0 aromatic carbocycles. The van der Waals surface area contributed by atoms with Crippen molar-refractivity contribution in [2.75, 3.05) is 13.7 Å². The van der Waals surface area contributed by atoms with Crippen LogP contribution in [0.25, 0.3) is 0 Å². The van der Waals surface area contributed by atoms with E-state index in [2.05, 4.69) is 16.7 Å². The summed E-state index contributed by atoms with van der Waals surface area (Å²) < 4.78 is 9.87. The fraction of sp³-hybridized carbons (Fsp3) is 0.800. The summed E-state index contributed by atoms with van der Waals surface area (Å²) in [6.07, 6.45) is 4.25. The molecule has 1 aliphatic heterocycles. The van der Waals surface area contributed by atoms with Crippen molar-refractivity contribution in [1.82, 2.24) is 0 Å². The van der Waals surface area contributed by atoms with Crippen molar-refractivity contribution in [3.8, 4) is 0 Å². The van der Waals surface area contributed by atoms with Crippen LogP contribution < -0.4 is 0 Å². The molecule has 4 nitrogen and oxygen atoms in total. The Hall–Kier alpha value is -1.06. The second-order valence-corrected chi connectivity index (χ2v) is 3.33. The molecule has 0 bridgehead atoms. The van der Waals surface area contributed by atoms with Crippen LogP contribution in [0.3, 0.4) is 0 Å². The summed E-state index contributed by atoms with van der Waals surface area (Å²) in [7, 11) is 1.37. The molecule has 0 aliphatic carbocycles. The van der Waals surface area contributed by atoms with Gasteiger partial charge in [0.05, 0.1) is 7.11 Å². The SMILES string of the molecule is CCCCCC1=NC(C(=O)OC)CO1. The number of aliphatic imine (C=N–C) groups is 1. The number of hydrogen-bond acceptors (Lipinski definition) is 4. The maximum atomic E-state index is 11.1. The Bertz CT molecular complexity index is 225. The molecule has 0 saturated carbocycles. The fourth-order valence-electron chi connectivity index (χ4n) is 1.34. The van der Waals surface area contributed by atoms with Crippen LogP contribution >= 0.6 is 0 Å². The summed E-state index contributed by atoms with van der Waals surface area (Å²) in [5.74, 6) is 0.393. The molecule has 1 rings (SSSR count). The van der Waals surface area contributed by atoms with E-state index in [1.807, 2.05) is 0 Å². The maximum absolute atomic E-state index is 11.1. The number of nitrogens with zero attached hydrogens (tertiary/aromatic N) is 1. The largest absolute Gasteiger partial charge is 0.478 e. The minimum absolute atomic E-state index is 0.310. The quantitative estimate of drug-likeness (QED) is 0.498. The molecule has 0 aromatic heterocycles. The number of carbonyl (C=O) groups is 1. The third-order valence-electron chi connectivity index (χ3n) is 2.18. The van der Waals surface area contributed by atoms with Crippen LogP contribution in [0.15, 0.2) is 4.99 Å². The maximum Gasteiger partial charge on any atom is 0.334 e. The molecule has 1 unspecified atom stereocenters. The van der Waals surface area contributed by atoms with Crippen LogP contribution in [0.1, 0.15) is 32.6 Å². The Morgan fingerprint density at radius 1 is 1.64 bits per heavy atom. The van der Waals surface area contributed by atoms with E-state index in [9.17, 15) is 4.79 Å². The molecule has 0 N–H and O–H groups in total. The van der Waals surface area contributed by atoms with Gasteiger partial charge in [-0.05, 0) is 6.42 Å². The molecule has 0 radical (unpaired) electrons. The van der Waals surface area contributed by atoms with Gasteiger partial charge in [-0.25, -0.2) is 9.79 Å². The lowest BCUT2D eigenvalue weighted by Gasteiger charge is -2.00. The topological polar surface area (TPSA) is 47.9 Å². The van der Waals surface area contributed by atoms with E-state index >= 15 is 0 Å². The third-order valence-corrected chi connectivity index (χ3v) is 2.18. The van der Waals surface area contributed by atoms with Gasteiger partial charge in [0.2, 0.25) is 0 Å². The fourth-order valence-corrected chi connectivity index (χ4v) is 1.34. The molecule has 14 heavy (non-hydrogen) atoms. The first kappa shape index (κ1) is 11.0. The minimum atomic E-state index is -0.434. The molecular formula is C10H17NO3. The van der Waals surface area contributed by atoms with Crippen molar-refractivity contribution in [2.45, 2.75) is 38.6 Å². The molecule has 0 fully saturated rings. The second kappa shape index (κ2) is 5.62. The van der Waals surface area contributed by atoms with Gasteiger partial charge in [0, 0.05) is 6.42 Å². The lowest BCUT2D eigenvalue weighted by atomic mass is 10.2. The van der Waals surface area contributed by atoms with Crippen LogP contribution in [0.5, 0.6) is 0 Å². The van der Waals surface area contributed by atoms with Crippen LogP contribution in [0.4, 0.5) is 0 Å². The zero-order valence-electron chi connectivity index (χ0n) is 8.78. The average molecular weight is 199 g/mol. The van der Waals surface area contributed by atoms with E-state index in [4.69, 9.17) is 4.74 Å². The summed E-state index contributed by atoms with van der Waals surface area (Å²) in [4.78, 5) is 15.2. The summed E-state index contributed by atoms with van der Waals surface area (Å²) in [5, 5.41) is 0. The van der Waals surface area contributed by atoms with Crippen molar-refractivity contribution < 1.29 is 14.3 Å². The van der Waals surface area contributed by atoms with E-state index in [1.54, 1.807) is 0 Å². The van der Waals surface area contributed by atoms with Crippen molar-refractivity contribution in [3.63, 3.8) is 0 Å². The van der Waals surface area contributed by atoms with Crippen LogP contribution in [0, 0.1) is 0 Å². The van der Waals surface area contributed by atoms with Gasteiger partial charge in [0.15, 0.2) is 11.9 Å². The van der Waals surface area contributed by atoms with Crippen molar-refractivity contribution in [2.24, 2.45) is 4.99 Å². The summed E-state index contributed by atoms with van der Waals surface area (Å²) in [6.45, 7) is 2.49. The Labute approximate surface area is 84.3 Å². The second-order valence-electron chi connectivity index (χ2n) is 3.33. The van der Waals surface area contributed by atoms with Crippen molar-refractivity contribution in [3.05, 3.63) is 0 Å². The highest BCUT2D eigenvalue weighted by Crippen LogP contribution is 2.11. The van der Waals surface area contributed by atoms with Crippen LogP contribution in [0.2, 0.25) is 0 Å². The lowest BCUT2D eigenvalue weighted by molar-refractivity contribution is -0.142. The third kappa shape index (κ3) is 3.01. The van der Waals surface area contributed by atoms with E-state index < -0.39 is 6.04 Å². The normalized spacial score (nSPS) is 20.1. The van der Waals surface area contributed by atoms with Crippen LogP contribution in [-0.2, 0) is 14.3 Å². The summed E-state index contributed by atoms with van der Waals surface area (Å²) in [6, 6.07) is -0.434. The molecule has 0 saturated heterocycles. The smallest absolute Gasteiger partial charge is 0.334 e. The predicted octanol–water partition coefficient (Wildman–Crippen LogP) is 1.54. The Balaban J connectivity index is 2.31. The van der Waals surface area contributed by atoms with Gasteiger partial charge < -0.3 is 9.47 Å². The standard InChI is InChI=1S/C10H17NO3/c1-3-4-5-6-9-11-8(7-14-9)10(12)13-2/h8H,3-7H2,1-2H3. The number of unbranched alkanes of at least 4 members (excludes halogenated alkanes) is 2. The first-order valence-corrected chi connectivity index (χ1v) is 5.05. The number of carbonyl (C=O) groups excluding carboxylic acids is 1. The highest BCUT2D eigenvalue weighted by atomic mass is 16.5. The molecule has 0 spiro atoms. The van der Waals surface area contributed by atoms with Gasteiger partial charge in [0.1, 0.15) is 6.61 Å². The number of hydrogen-bond donors (Lipinski definition) is 0. The Morgan fingerprint density at radius 2 is 2.43 bits per heavy atom. The van der Waals surface area contributed by atoms with Crippen molar-refractivity contribution >= 4 is 11.9 Å². The molecule has 80 valence electrons. The summed E-state index contributed by atoms with van der Waals surface area (Å²) >= 11 is 0. The zero-order chi connectivity index (χ0) is 10.4. The molecule has 0 amide bonds. The first-order chi connectivity index (χ1) is 6.77.